The van der Waals surface area contributed by atoms with Gasteiger partial charge in [0.2, 0.25) is 0 Å². The lowest BCUT2D eigenvalue weighted by atomic mass is 10.4. The summed E-state index contributed by atoms with van der Waals surface area (Å²) in [6.45, 7) is 2.63. The van der Waals surface area contributed by atoms with Gasteiger partial charge >= 0.3 is 0 Å². The monoisotopic (exact) mass is 189 g/mol. The Morgan fingerprint density at radius 2 is 2.21 bits per heavy atom. The molecule has 2 aromatic rings. The van der Waals surface area contributed by atoms with Crippen molar-refractivity contribution in [2.45, 2.75) is 13.5 Å². The van der Waals surface area contributed by atoms with Gasteiger partial charge in [0.15, 0.2) is 0 Å². The summed E-state index contributed by atoms with van der Waals surface area (Å²) in [5.41, 5.74) is 7.39. The van der Waals surface area contributed by atoms with Crippen molar-refractivity contribution in [2.75, 3.05) is 5.73 Å². The van der Waals surface area contributed by atoms with Crippen LogP contribution in [0.1, 0.15) is 11.4 Å². The molecule has 0 saturated heterocycles. The topological polar surface area (TPSA) is 69.6 Å². The molecule has 0 spiro atoms. The zero-order valence-electron chi connectivity index (χ0n) is 7.88. The maximum absolute atomic E-state index is 5.43. The highest BCUT2D eigenvalue weighted by atomic mass is 15.3. The van der Waals surface area contributed by atoms with E-state index in [4.69, 9.17) is 5.73 Å². The predicted molar refractivity (Wildman–Crippen MR) is 52.5 cm³/mol. The van der Waals surface area contributed by atoms with Gasteiger partial charge in [0.05, 0.1) is 24.6 Å². The first-order chi connectivity index (χ1) is 6.75. The van der Waals surface area contributed by atoms with Gasteiger partial charge in [-0.3, -0.25) is 9.67 Å². The zero-order chi connectivity index (χ0) is 9.97. The number of nitrogens with zero attached hydrogens (tertiary/aromatic N) is 4. The van der Waals surface area contributed by atoms with Crippen LogP contribution >= 0.6 is 0 Å². The smallest absolute Gasteiger partial charge is 0.141 e. The lowest BCUT2D eigenvalue weighted by Gasteiger charge is -2.02. The van der Waals surface area contributed by atoms with E-state index in [0.29, 0.717) is 12.4 Å². The minimum absolute atomic E-state index is 0.436. The minimum atomic E-state index is 0.436. The summed E-state index contributed by atoms with van der Waals surface area (Å²) in [6.07, 6.45) is 4.98. The van der Waals surface area contributed by atoms with E-state index in [1.807, 2.05) is 17.7 Å². The highest BCUT2D eigenvalue weighted by Crippen LogP contribution is 2.02. The number of nitrogens with two attached hydrogens (primary N) is 1. The van der Waals surface area contributed by atoms with Gasteiger partial charge in [0.25, 0.3) is 0 Å². The normalized spacial score (nSPS) is 10.4. The molecule has 0 fully saturated rings. The van der Waals surface area contributed by atoms with Gasteiger partial charge in [-0.15, -0.1) is 0 Å². The molecule has 14 heavy (non-hydrogen) atoms. The molecular weight excluding hydrogens is 178 g/mol. The van der Waals surface area contributed by atoms with Crippen molar-refractivity contribution in [3.63, 3.8) is 0 Å². The van der Waals surface area contributed by atoms with Crippen LogP contribution in [0.25, 0.3) is 0 Å². The van der Waals surface area contributed by atoms with Gasteiger partial charge < -0.3 is 5.73 Å². The number of rotatable bonds is 2. The fraction of sp³-hybridized carbons (Fsp3) is 0.222. The third-order valence-electron chi connectivity index (χ3n) is 1.97. The van der Waals surface area contributed by atoms with Gasteiger partial charge in [-0.05, 0) is 13.0 Å². The average Bonchev–Trinajstić information content (AvgIpc) is 2.56. The molecule has 0 amide bonds. The Hall–Kier alpha value is -1.91. The first-order valence-corrected chi connectivity index (χ1v) is 4.30. The molecule has 2 rings (SSSR count). The molecule has 0 aliphatic carbocycles. The number of hydrogen-bond acceptors (Lipinski definition) is 4. The van der Waals surface area contributed by atoms with Crippen LogP contribution in [0, 0.1) is 6.92 Å². The van der Waals surface area contributed by atoms with E-state index in [-0.39, 0.29) is 0 Å². The quantitative estimate of drug-likeness (QED) is 0.751. The van der Waals surface area contributed by atoms with Crippen molar-refractivity contribution < 1.29 is 0 Å². The molecule has 5 heteroatoms. The van der Waals surface area contributed by atoms with Crippen LogP contribution < -0.4 is 5.73 Å². The second-order valence-electron chi connectivity index (χ2n) is 3.06. The first-order valence-electron chi connectivity index (χ1n) is 4.30. The van der Waals surface area contributed by atoms with E-state index >= 15 is 0 Å². The van der Waals surface area contributed by atoms with Crippen LogP contribution in [-0.2, 0) is 6.54 Å². The van der Waals surface area contributed by atoms with Crippen molar-refractivity contribution in [3.8, 4) is 0 Å². The Morgan fingerprint density at radius 1 is 1.36 bits per heavy atom. The van der Waals surface area contributed by atoms with Crippen molar-refractivity contribution in [1.82, 2.24) is 19.7 Å². The molecule has 5 nitrogen and oxygen atoms in total. The lowest BCUT2D eigenvalue weighted by Crippen LogP contribution is -2.06. The molecule has 0 atom stereocenters. The molecular formula is C9H11N5. The molecule has 2 N–H and O–H groups in total. The maximum Gasteiger partial charge on any atom is 0.141 e. The standard InChI is InChI=1S/C9H11N5/c1-7-2-3-13-14(7)6-8-4-12-9(10)5-11-8/h2-5H,6H2,1H3,(H2,10,12). The van der Waals surface area contributed by atoms with Crippen LogP contribution in [0.2, 0.25) is 0 Å². The molecule has 0 saturated carbocycles. The molecule has 0 bridgehead atoms. The summed E-state index contributed by atoms with van der Waals surface area (Å²) in [5, 5.41) is 4.15. The summed E-state index contributed by atoms with van der Waals surface area (Å²) in [7, 11) is 0. The van der Waals surface area contributed by atoms with Gasteiger partial charge in [-0.25, -0.2) is 4.98 Å². The van der Waals surface area contributed by atoms with Crippen molar-refractivity contribution >= 4 is 5.82 Å². The number of aryl methyl sites for hydroxylation is 1. The molecule has 0 aromatic carbocycles. The van der Waals surface area contributed by atoms with E-state index in [0.717, 1.165) is 11.4 Å². The Morgan fingerprint density at radius 3 is 2.79 bits per heavy atom. The van der Waals surface area contributed by atoms with Crippen LogP contribution in [-0.4, -0.2) is 19.7 Å². The van der Waals surface area contributed by atoms with Crippen LogP contribution in [0.4, 0.5) is 5.82 Å². The summed E-state index contributed by atoms with van der Waals surface area (Å²) >= 11 is 0. The van der Waals surface area contributed by atoms with Gasteiger partial charge in [0.1, 0.15) is 5.82 Å². The summed E-state index contributed by atoms with van der Waals surface area (Å²) < 4.78 is 1.86. The Kier molecular flexibility index (Phi) is 2.14. The number of aromatic nitrogens is 4. The second kappa shape index (κ2) is 3.45. The van der Waals surface area contributed by atoms with E-state index < -0.39 is 0 Å². The largest absolute Gasteiger partial charge is 0.382 e. The fourth-order valence-corrected chi connectivity index (χ4v) is 1.16. The molecule has 0 aliphatic rings. The SMILES string of the molecule is Cc1ccnn1Cc1cnc(N)cn1. The minimum Gasteiger partial charge on any atom is -0.382 e. The molecule has 0 unspecified atom stereocenters. The third kappa shape index (κ3) is 1.71. The molecule has 72 valence electrons. The lowest BCUT2D eigenvalue weighted by molar-refractivity contribution is 0.650. The molecule has 0 aliphatic heterocycles. The molecule has 0 radical (unpaired) electrons. The van der Waals surface area contributed by atoms with Gasteiger partial charge in [-0.2, -0.15) is 5.10 Å². The van der Waals surface area contributed by atoms with E-state index in [9.17, 15) is 0 Å². The Labute approximate surface area is 81.6 Å². The highest BCUT2D eigenvalue weighted by molar-refractivity contribution is 5.22. The van der Waals surface area contributed by atoms with Gasteiger partial charge in [0, 0.05) is 11.9 Å². The van der Waals surface area contributed by atoms with E-state index in [1.54, 1.807) is 18.6 Å². The van der Waals surface area contributed by atoms with Gasteiger partial charge in [-0.1, -0.05) is 0 Å². The summed E-state index contributed by atoms with van der Waals surface area (Å²) in [5.74, 6) is 0.436. The number of hydrogen-bond donors (Lipinski definition) is 1. The maximum atomic E-state index is 5.43. The predicted octanol–water partition coefficient (Wildman–Crippen LogP) is 0.612. The van der Waals surface area contributed by atoms with E-state index in [1.165, 1.54) is 0 Å². The zero-order valence-corrected chi connectivity index (χ0v) is 7.88. The van der Waals surface area contributed by atoms with Crippen molar-refractivity contribution in [1.29, 1.82) is 0 Å². The average molecular weight is 189 g/mol. The van der Waals surface area contributed by atoms with Crippen LogP contribution in [0.15, 0.2) is 24.7 Å². The molecule has 2 aromatic heterocycles. The van der Waals surface area contributed by atoms with Crippen LogP contribution in [0.5, 0.6) is 0 Å². The molecule has 2 heterocycles. The number of nitrogen functional groups attached to an aromatic ring is 1. The van der Waals surface area contributed by atoms with Crippen LogP contribution in [0.3, 0.4) is 0 Å². The number of anilines is 1. The van der Waals surface area contributed by atoms with Crippen molar-refractivity contribution in [2.24, 2.45) is 0 Å². The first kappa shape index (κ1) is 8.68. The third-order valence-corrected chi connectivity index (χ3v) is 1.97. The summed E-state index contributed by atoms with van der Waals surface area (Å²) in [6, 6.07) is 1.95. The summed E-state index contributed by atoms with van der Waals surface area (Å²) in [4.78, 5) is 8.11. The fourth-order valence-electron chi connectivity index (χ4n) is 1.16. The Bertz CT molecular complexity index is 417. The van der Waals surface area contributed by atoms with Crippen molar-refractivity contribution in [3.05, 3.63) is 36.0 Å². The second-order valence-corrected chi connectivity index (χ2v) is 3.06. The highest BCUT2D eigenvalue weighted by Gasteiger charge is 2.00. The Balaban J connectivity index is 2.19. The van der Waals surface area contributed by atoms with E-state index in [2.05, 4.69) is 15.1 Å².